The monoisotopic (exact) mass is 355 g/mol. The van der Waals surface area contributed by atoms with Gasteiger partial charge in [-0.3, -0.25) is 14.9 Å². The van der Waals surface area contributed by atoms with Gasteiger partial charge in [0.25, 0.3) is 5.69 Å². The number of ether oxygens (including phenoxy) is 1. The van der Waals surface area contributed by atoms with Gasteiger partial charge in [0, 0.05) is 17.2 Å². The van der Waals surface area contributed by atoms with E-state index in [1.54, 1.807) is 6.07 Å². The average Bonchev–Trinajstić information content (AvgIpc) is 2.54. The molecule has 0 saturated heterocycles. The zero-order chi connectivity index (χ0) is 18.8. The number of carboxylic acid groups (broad SMARTS) is 1. The topological polar surface area (TPSA) is 89.7 Å². The van der Waals surface area contributed by atoms with E-state index in [2.05, 4.69) is 0 Å². The first-order chi connectivity index (χ1) is 11.7. The number of benzene rings is 2. The van der Waals surface area contributed by atoms with Crippen LogP contribution in [0.4, 0.5) is 18.9 Å². The molecule has 0 amide bonds. The van der Waals surface area contributed by atoms with E-state index in [1.807, 2.05) is 0 Å². The second-order valence-electron chi connectivity index (χ2n) is 5.04. The van der Waals surface area contributed by atoms with E-state index < -0.39 is 34.2 Å². The summed E-state index contributed by atoms with van der Waals surface area (Å²) in [5, 5.41) is 20.8. The molecule has 1 unspecified atom stereocenters. The van der Waals surface area contributed by atoms with E-state index >= 15 is 0 Å². The van der Waals surface area contributed by atoms with Crippen molar-refractivity contribution in [1.82, 2.24) is 0 Å². The Morgan fingerprint density at radius 2 is 1.84 bits per heavy atom. The van der Waals surface area contributed by atoms with Gasteiger partial charge >= 0.3 is 12.1 Å². The van der Waals surface area contributed by atoms with Crippen molar-refractivity contribution in [2.24, 2.45) is 0 Å². The highest BCUT2D eigenvalue weighted by Gasteiger charge is 2.36. The molecule has 0 heterocycles. The third kappa shape index (κ3) is 3.70. The lowest BCUT2D eigenvalue weighted by atomic mass is 9.88. The molecule has 0 saturated carbocycles. The lowest BCUT2D eigenvalue weighted by molar-refractivity contribution is -0.385. The summed E-state index contributed by atoms with van der Waals surface area (Å²) in [7, 11) is 1.29. The van der Waals surface area contributed by atoms with Crippen molar-refractivity contribution in [3.63, 3.8) is 0 Å². The summed E-state index contributed by atoms with van der Waals surface area (Å²) in [6.45, 7) is 0. The molecule has 0 spiro atoms. The Labute approximate surface area is 139 Å². The van der Waals surface area contributed by atoms with Crippen LogP contribution in [0.1, 0.15) is 22.6 Å². The van der Waals surface area contributed by atoms with Gasteiger partial charge in [-0.05, 0) is 12.1 Å². The predicted molar refractivity (Wildman–Crippen MR) is 80.6 cm³/mol. The lowest BCUT2D eigenvalue weighted by Gasteiger charge is -2.17. The molecule has 1 atom stereocenters. The summed E-state index contributed by atoms with van der Waals surface area (Å²) in [6.07, 6.45) is -4.79. The first-order valence-corrected chi connectivity index (χ1v) is 6.88. The van der Waals surface area contributed by atoms with E-state index in [4.69, 9.17) is 4.74 Å². The summed E-state index contributed by atoms with van der Waals surface area (Å²) >= 11 is 0. The van der Waals surface area contributed by atoms with Crippen LogP contribution in [0.15, 0.2) is 42.5 Å². The van der Waals surface area contributed by atoms with Crippen molar-refractivity contribution in [3.05, 3.63) is 69.3 Å². The van der Waals surface area contributed by atoms with Gasteiger partial charge in [0.15, 0.2) is 0 Å². The molecule has 0 aliphatic rings. The molecule has 1 N–H and O–H groups in total. The van der Waals surface area contributed by atoms with Crippen LogP contribution in [0, 0.1) is 10.1 Å². The number of rotatable bonds is 5. The number of aliphatic carboxylic acids is 1. The molecule has 2 rings (SSSR count). The summed E-state index contributed by atoms with van der Waals surface area (Å²) in [6, 6.07) is 7.69. The van der Waals surface area contributed by atoms with Crippen LogP contribution in [-0.2, 0) is 11.0 Å². The van der Waals surface area contributed by atoms with Crippen LogP contribution in [0.5, 0.6) is 5.75 Å². The summed E-state index contributed by atoms with van der Waals surface area (Å²) in [4.78, 5) is 21.9. The van der Waals surface area contributed by atoms with Crippen LogP contribution < -0.4 is 4.74 Å². The van der Waals surface area contributed by atoms with Gasteiger partial charge in [0.1, 0.15) is 11.7 Å². The van der Waals surface area contributed by atoms with Crippen molar-refractivity contribution in [2.75, 3.05) is 7.11 Å². The molecule has 0 aromatic heterocycles. The van der Waals surface area contributed by atoms with Gasteiger partial charge in [-0.1, -0.05) is 24.3 Å². The van der Waals surface area contributed by atoms with Gasteiger partial charge < -0.3 is 9.84 Å². The molecule has 0 aliphatic heterocycles. The lowest BCUT2D eigenvalue weighted by Crippen LogP contribution is -2.16. The molecule has 2 aromatic carbocycles. The molecular formula is C16H12F3NO5. The van der Waals surface area contributed by atoms with Crippen molar-refractivity contribution < 1.29 is 32.7 Å². The minimum atomic E-state index is -4.79. The standard InChI is InChI=1S/C16H12F3NO5/c1-25-13-5-3-2-4-11(13)14(15(21)22)10-7-6-9(16(17,18)19)8-12(10)20(23)24/h2-8,14H,1H3,(H,21,22). The van der Waals surface area contributed by atoms with Crippen molar-refractivity contribution in [1.29, 1.82) is 0 Å². The number of methoxy groups -OCH3 is 1. The first kappa shape index (κ1) is 18.2. The van der Waals surface area contributed by atoms with Crippen LogP contribution >= 0.6 is 0 Å². The molecule has 9 heteroatoms. The second-order valence-corrected chi connectivity index (χ2v) is 5.04. The zero-order valence-electron chi connectivity index (χ0n) is 12.8. The molecule has 0 bridgehead atoms. The number of carbonyl (C=O) groups is 1. The molecule has 0 aliphatic carbocycles. The minimum Gasteiger partial charge on any atom is -0.496 e. The number of carboxylic acids is 1. The molecule has 0 fully saturated rings. The van der Waals surface area contributed by atoms with Gasteiger partial charge in [-0.2, -0.15) is 13.2 Å². The molecule has 2 aromatic rings. The van der Waals surface area contributed by atoms with Gasteiger partial charge in [0.05, 0.1) is 17.6 Å². The Balaban J connectivity index is 2.71. The Morgan fingerprint density at radius 1 is 1.20 bits per heavy atom. The van der Waals surface area contributed by atoms with Gasteiger partial charge in [0.2, 0.25) is 0 Å². The summed E-state index contributed by atoms with van der Waals surface area (Å²) in [5.74, 6) is -2.85. The highest BCUT2D eigenvalue weighted by atomic mass is 19.4. The third-order valence-corrected chi connectivity index (χ3v) is 3.56. The largest absolute Gasteiger partial charge is 0.496 e. The molecule has 6 nitrogen and oxygen atoms in total. The van der Waals surface area contributed by atoms with Gasteiger partial charge in [-0.15, -0.1) is 0 Å². The van der Waals surface area contributed by atoms with E-state index in [-0.39, 0.29) is 16.9 Å². The molecule has 0 radical (unpaired) electrons. The number of nitrogens with zero attached hydrogens (tertiary/aromatic N) is 1. The number of hydrogen-bond donors (Lipinski definition) is 1. The summed E-state index contributed by atoms with van der Waals surface area (Å²) in [5.41, 5.74) is -2.42. The number of alkyl halides is 3. The second kappa shape index (κ2) is 6.80. The fraction of sp³-hybridized carbons (Fsp3) is 0.188. The smallest absolute Gasteiger partial charge is 0.416 e. The Morgan fingerprint density at radius 3 is 2.36 bits per heavy atom. The fourth-order valence-electron chi connectivity index (χ4n) is 2.46. The van der Waals surface area contributed by atoms with Crippen LogP contribution in [0.25, 0.3) is 0 Å². The minimum absolute atomic E-state index is 0.0976. The van der Waals surface area contributed by atoms with Crippen molar-refractivity contribution in [3.8, 4) is 5.75 Å². The fourth-order valence-corrected chi connectivity index (χ4v) is 2.46. The normalized spacial score (nSPS) is 12.5. The Kier molecular flexibility index (Phi) is 4.96. The molecule has 25 heavy (non-hydrogen) atoms. The van der Waals surface area contributed by atoms with Crippen molar-refractivity contribution in [2.45, 2.75) is 12.1 Å². The van der Waals surface area contributed by atoms with Gasteiger partial charge in [-0.25, -0.2) is 0 Å². The first-order valence-electron chi connectivity index (χ1n) is 6.88. The van der Waals surface area contributed by atoms with E-state index in [0.29, 0.717) is 12.1 Å². The maximum absolute atomic E-state index is 12.8. The van der Waals surface area contributed by atoms with Crippen LogP contribution in [0.2, 0.25) is 0 Å². The summed E-state index contributed by atoms with van der Waals surface area (Å²) < 4.78 is 43.5. The number of hydrogen-bond acceptors (Lipinski definition) is 4. The zero-order valence-corrected chi connectivity index (χ0v) is 12.8. The van der Waals surface area contributed by atoms with E-state index in [9.17, 15) is 33.2 Å². The highest BCUT2D eigenvalue weighted by molar-refractivity contribution is 5.83. The number of halogens is 3. The maximum atomic E-state index is 12.8. The van der Waals surface area contributed by atoms with E-state index in [1.165, 1.54) is 25.3 Å². The number of para-hydroxylation sites is 1. The van der Waals surface area contributed by atoms with E-state index in [0.717, 1.165) is 6.07 Å². The predicted octanol–water partition coefficient (Wildman–Crippen LogP) is 3.84. The number of nitro groups is 1. The van der Waals surface area contributed by atoms with Crippen molar-refractivity contribution >= 4 is 11.7 Å². The SMILES string of the molecule is COc1ccccc1C(C(=O)O)c1ccc(C(F)(F)F)cc1[N+](=O)[O-]. The van der Waals surface area contributed by atoms with Crippen LogP contribution in [-0.4, -0.2) is 23.1 Å². The quantitative estimate of drug-likeness (QED) is 0.650. The van der Waals surface area contributed by atoms with Crippen LogP contribution in [0.3, 0.4) is 0 Å². The third-order valence-electron chi connectivity index (χ3n) is 3.56. The number of nitro benzene ring substituents is 1. The average molecular weight is 355 g/mol. The highest BCUT2D eigenvalue weighted by Crippen LogP contribution is 2.39. The maximum Gasteiger partial charge on any atom is 0.416 e. The molecule has 132 valence electrons. The Hall–Kier alpha value is -3.10. The Bertz CT molecular complexity index is 820. The molecular weight excluding hydrogens is 343 g/mol.